The van der Waals surface area contributed by atoms with E-state index in [1.165, 1.54) is 9.53 Å². The van der Waals surface area contributed by atoms with Crippen molar-refractivity contribution in [3.05, 3.63) is 81.5 Å². The summed E-state index contributed by atoms with van der Waals surface area (Å²) in [6.45, 7) is 0. The average molecular weight is 672 g/mol. The minimum Gasteiger partial charge on any atom is -0.297 e. The molecule has 4 heterocycles. The lowest BCUT2D eigenvalue weighted by molar-refractivity contribution is 0.114. The molecule has 202 valence electrons. The number of carbonyl (C=O) groups is 1. The highest BCUT2D eigenvalue weighted by Gasteiger charge is 2.33. The van der Waals surface area contributed by atoms with E-state index < -0.39 is 6.09 Å². The van der Waals surface area contributed by atoms with Crippen molar-refractivity contribution in [1.29, 1.82) is 0 Å². The van der Waals surface area contributed by atoms with E-state index in [1.54, 1.807) is 24.8 Å². The van der Waals surface area contributed by atoms with Crippen LogP contribution in [0.4, 0.5) is 4.79 Å². The van der Waals surface area contributed by atoms with Gasteiger partial charge in [-0.2, -0.15) is 9.78 Å². The summed E-state index contributed by atoms with van der Waals surface area (Å²) in [6, 6.07) is 11.5. The minimum absolute atomic E-state index is 0.284. The van der Waals surface area contributed by atoms with Crippen molar-refractivity contribution in [2.24, 2.45) is 0 Å². The molecule has 0 unspecified atom stereocenters. The van der Waals surface area contributed by atoms with Crippen LogP contribution in [0.25, 0.3) is 44.6 Å². The Hall–Kier alpha value is -4.03. The summed E-state index contributed by atoms with van der Waals surface area (Å²) in [6.07, 6.45) is 10.2. The summed E-state index contributed by atoms with van der Waals surface area (Å²) in [5.74, 6) is 0.587. The topological polar surface area (TPSA) is 114 Å². The van der Waals surface area contributed by atoms with Crippen LogP contribution in [-0.4, -0.2) is 45.8 Å². The van der Waals surface area contributed by atoms with Crippen LogP contribution in [0.2, 0.25) is 0 Å². The van der Waals surface area contributed by atoms with E-state index in [2.05, 4.69) is 52.0 Å². The molecule has 0 spiro atoms. The quantitative estimate of drug-likeness (QED) is 0.200. The van der Waals surface area contributed by atoms with Gasteiger partial charge in [0.1, 0.15) is 0 Å². The number of aromatic nitrogens is 8. The Morgan fingerprint density at radius 2 is 1.27 bits per heavy atom. The second kappa shape index (κ2) is 9.52. The lowest BCUT2D eigenvalue weighted by Crippen LogP contribution is -2.26. The molecule has 4 aromatic heterocycles. The highest BCUT2D eigenvalue weighted by molar-refractivity contribution is 9.10. The summed E-state index contributed by atoms with van der Waals surface area (Å²) in [7, 11) is 0. The molecule has 2 aliphatic rings. The third-order valence-corrected chi connectivity index (χ3v) is 8.30. The van der Waals surface area contributed by atoms with E-state index in [1.807, 2.05) is 36.4 Å². The molecule has 2 fully saturated rings. The smallest absolute Gasteiger partial charge is 0.297 e. The van der Waals surface area contributed by atoms with Crippen LogP contribution in [-0.2, 0) is 0 Å². The molecule has 2 aliphatic carbocycles. The summed E-state index contributed by atoms with van der Waals surface area (Å²) >= 11 is 6.95. The average Bonchev–Trinajstić information content (AvgIpc) is 3.92. The number of carbonyl (C=O) groups excluding carboxylic acids is 1. The van der Waals surface area contributed by atoms with E-state index in [0.29, 0.717) is 17.3 Å². The molecule has 0 aliphatic heterocycles. The fourth-order valence-corrected chi connectivity index (χ4v) is 5.65. The Labute approximate surface area is 250 Å². The largest absolute Gasteiger partial charge is 0.460 e. The van der Waals surface area contributed by atoms with Gasteiger partial charge in [-0.3, -0.25) is 14.8 Å². The number of benzene rings is 2. The normalized spacial score (nSPS) is 15.1. The molecule has 6 aromatic rings. The maximum absolute atomic E-state index is 13.3. The van der Waals surface area contributed by atoms with Gasteiger partial charge in [-0.25, -0.2) is 14.8 Å². The van der Waals surface area contributed by atoms with Crippen molar-refractivity contribution in [1.82, 2.24) is 39.7 Å². The molecule has 8 rings (SSSR count). The van der Waals surface area contributed by atoms with Crippen molar-refractivity contribution >= 4 is 60.0 Å². The van der Waals surface area contributed by atoms with Crippen molar-refractivity contribution < 1.29 is 9.63 Å². The number of rotatable bonds is 5. The first-order valence-corrected chi connectivity index (χ1v) is 14.8. The Balaban J connectivity index is 1.11. The van der Waals surface area contributed by atoms with Crippen molar-refractivity contribution in [3.63, 3.8) is 0 Å². The molecular weight excluding hydrogens is 652 g/mol. The van der Waals surface area contributed by atoms with Gasteiger partial charge in [-0.05, 0) is 62.1 Å². The van der Waals surface area contributed by atoms with Gasteiger partial charge in [0.15, 0.2) is 0 Å². The van der Waals surface area contributed by atoms with Crippen LogP contribution >= 0.6 is 31.9 Å². The number of halogens is 2. The molecular formula is C29H20Br2N8O2. The van der Waals surface area contributed by atoms with E-state index in [9.17, 15) is 4.79 Å². The Morgan fingerprint density at radius 1 is 0.732 bits per heavy atom. The molecule has 0 radical (unpaired) electrons. The van der Waals surface area contributed by atoms with E-state index in [0.717, 1.165) is 79.2 Å². The van der Waals surface area contributed by atoms with Crippen LogP contribution in [0.5, 0.6) is 0 Å². The molecule has 2 saturated carbocycles. The summed E-state index contributed by atoms with van der Waals surface area (Å²) < 4.78 is 3.11. The van der Waals surface area contributed by atoms with Gasteiger partial charge in [-0.1, -0.05) is 36.7 Å². The van der Waals surface area contributed by atoms with Crippen molar-refractivity contribution in [3.8, 4) is 22.5 Å². The second-order valence-corrected chi connectivity index (χ2v) is 12.2. The maximum atomic E-state index is 13.3. The standard InChI is InChI=1S/C29H20Br2N8O2/c30-17-5-7-21-23(9-17)32-11-25(34-21)19-13-38(36-27(19)15-1-2-15)29(40)41-39-14-20(28(37-39)16-3-4-16)26-12-33-24-10-18(31)6-8-22(24)35-26/h5-16H,1-4H2. The van der Waals surface area contributed by atoms with Crippen molar-refractivity contribution in [2.45, 2.75) is 37.5 Å². The van der Waals surface area contributed by atoms with Gasteiger partial charge in [0.05, 0.1) is 63.4 Å². The monoisotopic (exact) mass is 670 g/mol. The maximum Gasteiger partial charge on any atom is 0.460 e. The zero-order valence-electron chi connectivity index (χ0n) is 21.4. The fourth-order valence-electron chi connectivity index (χ4n) is 4.95. The molecule has 0 atom stereocenters. The van der Waals surface area contributed by atoms with E-state index in [-0.39, 0.29) is 5.92 Å². The molecule has 10 nitrogen and oxygen atoms in total. The second-order valence-electron chi connectivity index (χ2n) is 10.4. The van der Waals surface area contributed by atoms with Crippen LogP contribution in [0, 0.1) is 0 Å². The molecule has 2 aromatic carbocycles. The van der Waals surface area contributed by atoms with Gasteiger partial charge >= 0.3 is 6.09 Å². The third-order valence-electron chi connectivity index (χ3n) is 7.31. The molecule has 0 saturated heterocycles. The summed E-state index contributed by atoms with van der Waals surface area (Å²) in [5, 5.41) is 9.23. The summed E-state index contributed by atoms with van der Waals surface area (Å²) in [4.78, 5) is 38.9. The highest BCUT2D eigenvalue weighted by Crippen LogP contribution is 2.44. The van der Waals surface area contributed by atoms with E-state index >= 15 is 0 Å². The third kappa shape index (κ3) is 4.70. The van der Waals surface area contributed by atoms with Gasteiger partial charge < -0.3 is 0 Å². The first kappa shape index (κ1) is 24.7. The van der Waals surface area contributed by atoms with Gasteiger partial charge in [0, 0.05) is 38.1 Å². The van der Waals surface area contributed by atoms with Crippen LogP contribution in [0.3, 0.4) is 0 Å². The number of nitrogens with zero attached hydrogens (tertiary/aromatic N) is 8. The predicted molar refractivity (Wildman–Crippen MR) is 158 cm³/mol. The minimum atomic E-state index is -0.665. The van der Waals surface area contributed by atoms with Gasteiger partial charge in [0.25, 0.3) is 0 Å². The molecule has 0 amide bonds. The zero-order chi connectivity index (χ0) is 27.7. The predicted octanol–water partition coefficient (Wildman–Crippen LogP) is 6.68. The van der Waals surface area contributed by atoms with Crippen LogP contribution in [0.15, 0.2) is 70.1 Å². The number of hydrogen-bond acceptors (Lipinski definition) is 8. The van der Waals surface area contributed by atoms with Crippen LogP contribution < -0.4 is 4.84 Å². The number of fused-ring (bicyclic) bond motifs is 2. The summed E-state index contributed by atoms with van der Waals surface area (Å²) in [5.41, 5.74) is 7.72. The fraction of sp³-hybridized carbons (Fsp3) is 0.207. The van der Waals surface area contributed by atoms with Crippen LogP contribution in [0.1, 0.15) is 48.9 Å². The number of hydrogen-bond donors (Lipinski definition) is 0. The van der Waals surface area contributed by atoms with E-state index in [4.69, 9.17) is 14.8 Å². The Bertz CT molecular complexity index is 2010. The first-order valence-electron chi connectivity index (χ1n) is 13.3. The van der Waals surface area contributed by atoms with Gasteiger partial charge in [0.2, 0.25) is 0 Å². The lowest BCUT2D eigenvalue weighted by Gasteiger charge is -2.03. The molecule has 12 heteroatoms. The van der Waals surface area contributed by atoms with Gasteiger partial charge in [-0.15, -0.1) is 5.10 Å². The van der Waals surface area contributed by atoms with Crippen molar-refractivity contribution in [2.75, 3.05) is 0 Å². The SMILES string of the molecule is O=C(On1cc(-c2cnc3cc(Br)ccc3n2)c(C2CC2)n1)n1cc(-c2cnc3cc(Br)ccc3n2)c(C2CC2)n1. The molecule has 0 N–H and O–H groups in total. The lowest BCUT2D eigenvalue weighted by atomic mass is 10.1. The Morgan fingerprint density at radius 3 is 1.83 bits per heavy atom. The highest BCUT2D eigenvalue weighted by atomic mass is 79.9. The molecule has 41 heavy (non-hydrogen) atoms. The zero-order valence-corrected chi connectivity index (χ0v) is 24.6. The Kier molecular flexibility index (Phi) is 5.75. The first-order chi connectivity index (χ1) is 20.0. The molecule has 0 bridgehead atoms.